The van der Waals surface area contributed by atoms with Crippen LogP contribution in [0.2, 0.25) is 0 Å². The van der Waals surface area contributed by atoms with Gasteiger partial charge < -0.3 is 9.73 Å². The summed E-state index contributed by atoms with van der Waals surface area (Å²) in [6.45, 7) is 6.65. The van der Waals surface area contributed by atoms with E-state index in [1.54, 1.807) is 19.3 Å². The van der Waals surface area contributed by atoms with E-state index < -0.39 is 0 Å². The smallest absolute Gasteiger partial charge is 0.128 e. The molecule has 0 radical (unpaired) electrons. The Bertz CT molecular complexity index is 533. The van der Waals surface area contributed by atoms with Crippen molar-refractivity contribution in [2.45, 2.75) is 26.8 Å². The molecule has 96 valence electrons. The molecule has 1 unspecified atom stereocenters. The van der Waals surface area contributed by atoms with Crippen molar-refractivity contribution in [3.8, 4) is 0 Å². The van der Waals surface area contributed by atoms with Crippen LogP contribution < -0.4 is 5.32 Å². The number of hydrogen-bond donors (Lipinski definition) is 1. The summed E-state index contributed by atoms with van der Waals surface area (Å²) in [7, 11) is 0. The Hall–Kier alpha value is -1.61. The van der Waals surface area contributed by atoms with Gasteiger partial charge in [0.1, 0.15) is 11.6 Å². The molecule has 0 saturated heterocycles. The van der Waals surface area contributed by atoms with Crippen LogP contribution in [-0.4, -0.2) is 6.54 Å². The highest BCUT2D eigenvalue weighted by atomic mass is 19.1. The van der Waals surface area contributed by atoms with Crippen molar-refractivity contribution >= 4 is 0 Å². The van der Waals surface area contributed by atoms with Gasteiger partial charge in [-0.2, -0.15) is 0 Å². The van der Waals surface area contributed by atoms with Gasteiger partial charge in [-0.15, -0.1) is 0 Å². The Morgan fingerprint density at radius 2 is 2.00 bits per heavy atom. The normalized spacial score (nSPS) is 12.7. The molecule has 0 amide bonds. The van der Waals surface area contributed by atoms with Crippen LogP contribution >= 0.6 is 0 Å². The molecule has 0 aliphatic carbocycles. The van der Waals surface area contributed by atoms with Gasteiger partial charge in [-0.25, -0.2) is 4.39 Å². The Balaban J connectivity index is 2.41. The molecule has 1 N–H and O–H groups in total. The lowest BCUT2D eigenvalue weighted by molar-refractivity contribution is 0.449. The van der Waals surface area contributed by atoms with Crippen LogP contribution in [0, 0.1) is 19.7 Å². The second-order valence-corrected chi connectivity index (χ2v) is 4.47. The fourth-order valence-corrected chi connectivity index (χ4v) is 2.09. The molecule has 0 aliphatic rings. The Kier molecular flexibility index (Phi) is 3.82. The van der Waals surface area contributed by atoms with Crippen LogP contribution in [0.25, 0.3) is 0 Å². The lowest BCUT2D eigenvalue weighted by Crippen LogP contribution is -2.22. The fraction of sp³-hybridized carbons (Fsp3) is 0.333. The minimum Gasteiger partial charge on any atom is -0.467 e. The van der Waals surface area contributed by atoms with Gasteiger partial charge in [0.05, 0.1) is 12.3 Å². The number of aryl methyl sites for hydroxylation is 2. The van der Waals surface area contributed by atoms with E-state index in [1.807, 2.05) is 26.0 Å². The summed E-state index contributed by atoms with van der Waals surface area (Å²) in [6.07, 6.45) is 1.69. The fourth-order valence-electron chi connectivity index (χ4n) is 2.09. The van der Waals surface area contributed by atoms with E-state index in [0.29, 0.717) is 5.56 Å². The van der Waals surface area contributed by atoms with Gasteiger partial charge in [-0.05, 0) is 49.2 Å². The van der Waals surface area contributed by atoms with Gasteiger partial charge in [-0.1, -0.05) is 19.1 Å². The molecule has 0 saturated carbocycles. The van der Waals surface area contributed by atoms with E-state index in [2.05, 4.69) is 5.32 Å². The number of nitrogens with one attached hydrogen (secondary N) is 1. The predicted molar refractivity (Wildman–Crippen MR) is 70.1 cm³/mol. The van der Waals surface area contributed by atoms with E-state index in [9.17, 15) is 4.39 Å². The SMILES string of the molecule is CCNC(c1ccc(F)c(C)c1)c1occc1C. The molecule has 2 aromatic rings. The highest BCUT2D eigenvalue weighted by Gasteiger charge is 2.18. The first-order valence-corrected chi connectivity index (χ1v) is 6.17. The van der Waals surface area contributed by atoms with Crippen molar-refractivity contribution in [2.24, 2.45) is 0 Å². The third-order valence-electron chi connectivity index (χ3n) is 3.09. The zero-order chi connectivity index (χ0) is 13.1. The van der Waals surface area contributed by atoms with Gasteiger partial charge in [0.2, 0.25) is 0 Å². The van der Waals surface area contributed by atoms with Crippen LogP contribution in [-0.2, 0) is 0 Å². The topological polar surface area (TPSA) is 25.2 Å². The first-order valence-electron chi connectivity index (χ1n) is 6.17. The molecule has 2 nitrogen and oxygen atoms in total. The molecule has 1 aromatic carbocycles. The van der Waals surface area contributed by atoms with E-state index in [4.69, 9.17) is 4.42 Å². The summed E-state index contributed by atoms with van der Waals surface area (Å²) in [5.41, 5.74) is 2.77. The zero-order valence-corrected chi connectivity index (χ0v) is 11.0. The quantitative estimate of drug-likeness (QED) is 0.890. The highest BCUT2D eigenvalue weighted by molar-refractivity contribution is 5.33. The number of benzene rings is 1. The van der Waals surface area contributed by atoms with Crippen molar-refractivity contribution in [1.29, 1.82) is 0 Å². The first kappa shape index (κ1) is 12.8. The molecule has 18 heavy (non-hydrogen) atoms. The third kappa shape index (κ3) is 2.46. The molecule has 0 fully saturated rings. The summed E-state index contributed by atoms with van der Waals surface area (Å²) in [5, 5.41) is 3.37. The van der Waals surface area contributed by atoms with Crippen molar-refractivity contribution in [2.75, 3.05) is 6.54 Å². The zero-order valence-electron chi connectivity index (χ0n) is 11.0. The lowest BCUT2D eigenvalue weighted by Gasteiger charge is -2.17. The van der Waals surface area contributed by atoms with Crippen LogP contribution in [0.4, 0.5) is 4.39 Å². The molecular weight excluding hydrogens is 229 g/mol. The molecule has 0 aliphatic heterocycles. The maximum atomic E-state index is 13.3. The average molecular weight is 247 g/mol. The van der Waals surface area contributed by atoms with Crippen molar-refractivity contribution in [3.05, 3.63) is 58.8 Å². The molecule has 1 heterocycles. The van der Waals surface area contributed by atoms with Gasteiger partial charge in [0.15, 0.2) is 0 Å². The second-order valence-electron chi connectivity index (χ2n) is 4.47. The van der Waals surface area contributed by atoms with E-state index >= 15 is 0 Å². The summed E-state index contributed by atoms with van der Waals surface area (Å²) in [6, 6.07) is 7.09. The predicted octanol–water partition coefficient (Wildman–Crippen LogP) is 3.73. The maximum Gasteiger partial charge on any atom is 0.128 e. The van der Waals surface area contributed by atoms with Crippen LogP contribution in [0.1, 0.15) is 35.4 Å². The largest absolute Gasteiger partial charge is 0.467 e. The first-order chi connectivity index (χ1) is 8.63. The van der Waals surface area contributed by atoms with E-state index in [0.717, 1.165) is 23.4 Å². The average Bonchev–Trinajstić information content (AvgIpc) is 2.76. The number of furan rings is 1. The molecule has 3 heteroatoms. The minimum absolute atomic E-state index is 0.0238. The third-order valence-corrected chi connectivity index (χ3v) is 3.09. The summed E-state index contributed by atoms with van der Waals surface area (Å²) < 4.78 is 18.9. The minimum atomic E-state index is -0.176. The standard InChI is InChI=1S/C15H18FNO/c1-4-17-14(15-10(2)7-8-18-15)12-5-6-13(16)11(3)9-12/h5-9,14,17H,4H2,1-3H3. The van der Waals surface area contributed by atoms with Gasteiger partial charge in [0, 0.05) is 0 Å². The summed E-state index contributed by atoms with van der Waals surface area (Å²) in [4.78, 5) is 0. The van der Waals surface area contributed by atoms with Crippen molar-refractivity contribution in [3.63, 3.8) is 0 Å². The number of hydrogen-bond acceptors (Lipinski definition) is 2. The van der Waals surface area contributed by atoms with E-state index in [1.165, 1.54) is 6.07 Å². The molecule has 2 rings (SSSR count). The molecule has 1 aromatic heterocycles. The van der Waals surface area contributed by atoms with Gasteiger partial charge in [0.25, 0.3) is 0 Å². The lowest BCUT2D eigenvalue weighted by atomic mass is 10.00. The van der Waals surface area contributed by atoms with Crippen LogP contribution in [0.15, 0.2) is 34.9 Å². The Labute approximate surface area is 107 Å². The highest BCUT2D eigenvalue weighted by Crippen LogP contribution is 2.26. The molecular formula is C15H18FNO. The van der Waals surface area contributed by atoms with Crippen molar-refractivity contribution in [1.82, 2.24) is 5.32 Å². The molecule has 0 spiro atoms. The molecule has 0 bridgehead atoms. The van der Waals surface area contributed by atoms with Gasteiger partial charge in [-0.3, -0.25) is 0 Å². The van der Waals surface area contributed by atoms with Gasteiger partial charge >= 0.3 is 0 Å². The monoisotopic (exact) mass is 247 g/mol. The maximum absolute atomic E-state index is 13.3. The van der Waals surface area contributed by atoms with Crippen LogP contribution in [0.5, 0.6) is 0 Å². The van der Waals surface area contributed by atoms with E-state index in [-0.39, 0.29) is 11.9 Å². The Morgan fingerprint density at radius 1 is 1.22 bits per heavy atom. The van der Waals surface area contributed by atoms with Crippen LogP contribution in [0.3, 0.4) is 0 Å². The summed E-state index contributed by atoms with van der Waals surface area (Å²) in [5.74, 6) is 0.716. The second kappa shape index (κ2) is 5.36. The van der Waals surface area contributed by atoms with Crippen molar-refractivity contribution < 1.29 is 8.81 Å². The molecule has 1 atom stereocenters. The summed E-state index contributed by atoms with van der Waals surface area (Å²) >= 11 is 0. The Morgan fingerprint density at radius 3 is 2.56 bits per heavy atom. The number of halogens is 1. The number of rotatable bonds is 4.